The van der Waals surface area contributed by atoms with Crippen molar-refractivity contribution in [1.82, 2.24) is 14.7 Å². The number of carbonyl (C=O) groups excluding carboxylic acids is 1. The first-order valence-corrected chi connectivity index (χ1v) is 12.9. The fraction of sp³-hybridized carbons (Fsp3) is 0.741. The van der Waals surface area contributed by atoms with Gasteiger partial charge in [0.05, 0.1) is 0 Å². The Bertz CT molecular complexity index is 785. The number of piperidine rings is 2. The molecule has 1 atom stereocenters. The number of hydrogen-bond donors (Lipinski definition) is 0. The fourth-order valence-electron chi connectivity index (χ4n) is 6.71. The summed E-state index contributed by atoms with van der Waals surface area (Å²) in [5.41, 5.74) is 3.03. The van der Waals surface area contributed by atoms with Crippen LogP contribution in [0.5, 0.6) is 0 Å². The molecule has 32 heavy (non-hydrogen) atoms. The van der Waals surface area contributed by atoms with E-state index in [1.807, 2.05) is 0 Å². The van der Waals surface area contributed by atoms with E-state index in [2.05, 4.69) is 46.0 Å². The molecule has 5 nitrogen and oxygen atoms in total. The Balaban J connectivity index is 1.35. The molecule has 3 saturated heterocycles. The first-order chi connectivity index (χ1) is 15.6. The minimum absolute atomic E-state index is 0.192. The van der Waals surface area contributed by atoms with Crippen LogP contribution >= 0.6 is 0 Å². The van der Waals surface area contributed by atoms with Gasteiger partial charge in [0.1, 0.15) is 0 Å². The second-order valence-corrected chi connectivity index (χ2v) is 11.1. The van der Waals surface area contributed by atoms with Crippen LogP contribution in [0.2, 0.25) is 0 Å². The van der Waals surface area contributed by atoms with Crippen LogP contribution in [0.15, 0.2) is 24.3 Å². The van der Waals surface area contributed by atoms with Crippen molar-refractivity contribution in [2.75, 3.05) is 59.5 Å². The summed E-state index contributed by atoms with van der Waals surface area (Å²) in [6.07, 6.45) is 8.03. The third-order valence-electron chi connectivity index (χ3n) is 8.55. The van der Waals surface area contributed by atoms with Crippen LogP contribution in [0.3, 0.4) is 0 Å². The van der Waals surface area contributed by atoms with Crippen LogP contribution in [0.4, 0.5) is 0 Å². The summed E-state index contributed by atoms with van der Waals surface area (Å²) >= 11 is 0. The van der Waals surface area contributed by atoms with Gasteiger partial charge in [-0.15, -0.1) is 0 Å². The van der Waals surface area contributed by atoms with E-state index in [0.29, 0.717) is 5.91 Å². The number of likely N-dealkylation sites (tertiary alicyclic amines) is 2. The van der Waals surface area contributed by atoms with E-state index < -0.39 is 0 Å². The second-order valence-electron chi connectivity index (χ2n) is 11.1. The number of ether oxygens (including phenoxy) is 1. The Kier molecular flexibility index (Phi) is 6.87. The van der Waals surface area contributed by atoms with E-state index in [0.717, 1.165) is 71.1 Å². The molecule has 1 unspecified atom stereocenters. The highest BCUT2D eigenvalue weighted by atomic mass is 16.5. The summed E-state index contributed by atoms with van der Waals surface area (Å²) in [5, 5.41) is 0. The molecule has 1 spiro atoms. The first kappa shape index (κ1) is 22.4. The van der Waals surface area contributed by atoms with Gasteiger partial charge >= 0.3 is 0 Å². The Hall–Kier alpha value is -1.43. The van der Waals surface area contributed by atoms with Crippen molar-refractivity contribution in [2.24, 2.45) is 17.3 Å². The van der Waals surface area contributed by atoms with Crippen molar-refractivity contribution in [3.05, 3.63) is 35.4 Å². The molecule has 1 amide bonds. The van der Waals surface area contributed by atoms with Crippen LogP contribution in [0.1, 0.15) is 49.7 Å². The molecule has 5 heteroatoms. The quantitative estimate of drug-likeness (QED) is 0.723. The lowest BCUT2D eigenvalue weighted by molar-refractivity contribution is -0.140. The van der Waals surface area contributed by atoms with Gasteiger partial charge in [-0.2, -0.15) is 0 Å². The van der Waals surface area contributed by atoms with E-state index in [-0.39, 0.29) is 11.3 Å². The maximum atomic E-state index is 13.7. The summed E-state index contributed by atoms with van der Waals surface area (Å²) < 4.78 is 5.59. The average molecular weight is 440 g/mol. The van der Waals surface area contributed by atoms with Crippen LogP contribution in [0, 0.1) is 17.3 Å². The van der Waals surface area contributed by atoms with Crippen molar-refractivity contribution < 1.29 is 9.53 Å². The number of fused-ring (bicyclic) bond motifs is 1. The summed E-state index contributed by atoms with van der Waals surface area (Å²) in [5.74, 6) is 1.39. The molecule has 0 N–H and O–H groups in total. The topological polar surface area (TPSA) is 36.0 Å². The monoisotopic (exact) mass is 439 g/mol. The normalized spacial score (nSPS) is 29.1. The number of rotatable bonds is 3. The lowest BCUT2D eigenvalue weighted by Crippen LogP contribution is -2.52. The van der Waals surface area contributed by atoms with Gasteiger partial charge in [-0.25, -0.2) is 0 Å². The molecular weight excluding hydrogens is 398 g/mol. The van der Waals surface area contributed by atoms with Crippen molar-refractivity contribution >= 4 is 5.91 Å². The zero-order chi connectivity index (χ0) is 22.0. The minimum atomic E-state index is 0.192. The number of carbonyl (C=O) groups is 1. The molecule has 3 fully saturated rings. The van der Waals surface area contributed by atoms with Gasteiger partial charge < -0.3 is 19.4 Å². The van der Waals surface area contributed by atoms with E-state index in [9.17, 15) is 4.79 Å². The molecule has 1 aromatic carbocycles. The molecule has 0 saturated carbocycles. The molecule has 1 aromatic rings. The third kappa shape index (κ3) is 5.05. The number of hydrogen-bond acceptors (Lipinski definition) is 4. The molecule has 4 heterocycles. The van der Waals surface area contributed by atoms with Gasteiger partial charge in [-0.05, 0) is 88.7 Å². The summed E-state index contributed by atoms with van der Waals surface area (Å²) in [6.45, 7) is 9.22. The highest BCUT2D eigenvalue weighted by molar-refractivity contribution is 5.79. The zero-order valence-electron chi connectivity index (χ0n) is 19.9. The van der Waals surface area contributed by atoms with E-state index >= 15 is 0 Å². The van der Waals surface area contributed by atoms with Crippen LogP contribution in [-0.2, 0) is 22.5 Å². The molecule has 0 aliphatic carbocycles. The highest BCUT2D eigenvalue weighted by Crippen LogP contribution is 2.39. The lowest BCUT2D eigenvalue weighted by Gasteiger charge is -2.46. The fourth-order valence-corrected chi connectivity index (χ4v) is 6.71. The van der Waals surface area contributed by atoms with Crippen LogP contribution in [-0.4, -0.2) is 80.1 Å². The Morgan fingerprint density at radius 1 is 1.03 bits per heavy atom. The molecule has 0 radical (unpaired) electrons. The number of nitrogens with zero attached hydrogens (tertiary/aromatic N) is 3. The minimum Gasteiger partial charge on any atom is -0.381 e. The summed E-state index contributed by atoms with van der Waals surface area (Å²) in [7, 11) is 2.17. The van der Waals surface area contributed by atoms with Gasteiger partial charge in [0.25, 0.3) is 0 Å². The van der Waals surface area contributed by atoms with E-state index in [1.54, 1.807) is 0 Å². The van der Waals surface area contributed by atoms with Gasteiger partial charge in [0.2, 0.25) is 5.91 Å². The van der Waals surface area contributed by atoms with E-state index in [1.165, 1.54) is 49.9 Å². The van der Waals surface area contributed by atoms with Gasteiger partial charge in [-0.1, -0.05) is 24.3 Å². The smallest absolute Gasteiger partial charge is 0.226 e. The Morgan fingerprint density at radius 2 is 1.78 bits per heavy atom. The van der Waals surface area contributed by atoms with Crippen LogP contribution in [0.25, 0.3) is 0 Å². The predicted octanol–water partition coefficient (Wildman–Crippen LogP) is 3.42. The maximum absolute atomic E-state index is 13.7. The summed E-state index contributed by atoms with van der Waals surface area (Å²) in [6, 6.07) is 8.90. The van der Waals surface area contributed by atoms with E-state index in [4.69, 9.17) is 4.74 Å². The standard InChI is InChI=1S/C27H41N3O2/c1-28-13-7-23(8-14-28)26(31)30-19-25-6-3-2-5-24(25)17-27(21-30)11-4-12-29(20-27)18-22-9-15-32-16-10-22/h2-3,5-6,22-23H,4,7-21H2,1H3. The molecule has 176 valence electrons. The number of amides is 1. The highest BCUT2D eigenvalue weighted by Gasteiger charge is 2.42. The molecule has 0 bridgehead atoms. The van der Waals surface area contributed by atoms with Crippen molar-refractivity contribution in [1.29, 1.82) is 0 Å². The van der Waals surface area contributed by atoms with Gasteiger partial charge in [0.15, 0.2) is 0 Å². The van der Waals surface area contributed by atoms with Gasteiger partial charge in [-0.3, -0.25) is 4.79 Å². The Labute approximate surface area is 194 Å². The first-order valence-electron chi connectivity index (χ1n) is 12.9. The zero-order valence-corrected chi connectivity index (χ0v) is 19.9. The van der Waals surface area contributed by atoms with Crippen molar-refractivity contribution in [2.45, 2.75) is 51.5 Å². The molecular formula is C27H41N3O2. The second kappa shape index (κ2) is 9.82. The molecule has 4 aliphatic heterocycles. The molecule has 0 aromatic heterocycles. The summed E-state index contributed by atoms with van der Waals surface area (Å²) in [4.78, 5) is 21.1. The Morgan fingerprint density at radius 3 is 2.56 bits per heavy atom. The predicted molar refractivity (Wildman–Crippen MR) is 127 cm³/mol. The average Bonchev–Trinajstić information content (AvgIpc) is 2.96. The van der Waals surface area contributed by atoms with Crippen molar-refractivity contribution in [3.63, 3.8) is 0 Å². The SMILES string of the molecule is CN1CCC(C(=O)N2Cc3ccccc3CC3(CCCN(CC4CCOCC4)C3)C2)CC1. The largest absolute Gasteiger partial charge is 0.381 e. The number of benzene rings is 1. The van der Waals surface area contributed by atoms with Gasteiger partial charge in [0, 0.05) is 50.7 Å². The lowest BCUT2D eigenvalue weighted by atomic mass is 9.74. The van der Waals surface area contributed by atoms with Crippen LogP contribution < -0.4 is 0 Å². The van der Waals surface area contributed by atoms with Crippen molar-refractivity contribution in [3.8, 4) is 0 Å². The molecule has 4 aliphatic rings. The third-order valence-corrected chi connectivity index (χ3v) is 8.55. The molecule has 5 rings (SSSR count). The maximum Gasteiger partial charge on any atom is 0.226 e.